The quantitative estimate of drug-likeness (QED) is 0.812. The zero-order valence-corrected chi connectivity index (χ0v) is 14.7. The summed E-state index contributed by atoms with van der Waals surface area (Å²) in [6.45, 7) is 5.60. The lowest BCUT2D eigenvalue weighted by atomic mass is 9.92. The van der Waals surface area contributed by atoms with Crippen LogP contribution in [-0.4, -0.2) is 37.0 Å². The van der Waals surface area contributed by atoms with Gasteiger partial charge in [-0.15, -0.1) is 0 Å². The molecule has 1 aliphatic rings. The first-order valence-electron chi connectivity index (χ1n) is 8.29. The molecule has 0 bridgehead atoms. The number of hydrogen-bond acceptors (Lipinski definition) is 2. The van der Waals surface area contributed by atoms with Gasteiger partial charge in [-0.2, -0.15) is 0 Å². The van der Waals surface area contributed by atoms with Gasteiger partial charge in [-0.3, -0.25) is 9.80 Å². The van der Waals surface area contributed by atoms with E-state index in [-0.39, 0.29) is 23.7 Å². The van der Waals surface area contributed by atoms with Crippen molar-refractivity contribution in [1.29, 1.82) is 0 Å². The summed E-state index contributed by atoms with van der Waals surface area (Å²) in [4.78, 5) is 4.49. The zero-order valence-electron chi connectivity index (χ0n) is 14.7. The Kier molecular flexibility index (Phi) is 4.70. The molecule has 0 unspecified atom stereocenters. The SMILES string of the molecule is Cc1ccc(F)cc1[C@H]1CN(C)[C@H](c2cc(F)ccc2C)CN1C. The van der Waals surface area contributed by atoms with E-state index < -0.39 is 0 Å². The molecule has 2 atom stereocenters. The van der Waals surface area contributed by atoms with E-state index in [0.717, 1.165) is 35.3 Å². The van der Waals surface area contributed by atoms with E-state index in [4.69, 9.17) is 0 Å². The van der Waals surface area contributed by atoms with Crippen LogP contribution in [0.4, 0.5) is 8.78 Å². The number of aryl methyl sites for hydroxylation is 2. The first-order valence-corrected chi connectivity index (χ1v) is 8.29. The number of halogens is 2. The lowest BCUT2D eigenvalue weighted by Gasteiger charge is -2.44. The molecule has 3 rings (SSSR count). The van der Waals surface area contributed by atoms with Crippen molar-refractivity contribution in [3.63, 3.8) is 0 Å². The number of benzene rings is 2. The highest BCUT2D eigenvalue weighted by Crippen LogP contribution is 2.35. The number of likely N-dealkylation sites (N-methyl/N-ethyl adjacent to an activating group) is 2. The second-order valence-electron chi connectivity index (χ2n) is 6.91. The minimum absolute atomic E-state index is 0.135. The summed E-state index contributed by atoms with van der Waals surface area (Å²) >= 11 is 0. The molecule has 128 valence electrons. The third-order valence-electron chi connectivity index (χ3n) is 5.19. The van der Waals surface area contributed by atoms with E-state index in [1.165, 1.54) is 12.1 Å². The van der Waals surface area contributed by atoms with Crippen molar-refractivity contribution in [2.24, 2.45) is 0 Å². The second kappa shape index (κ2) is 6.61. The number of hydrogen-bond donors (Lipinski definition) is 0. The highest BCUT2D eigenvalue weighted by molar-refractivity contribution is 5.33. The molecule has 0 aromatic heterocycles. The fourth-order valence-electron chi connectivity index (χ4n) is 3.69. The normalized spacial score (nSPS) is 22.8. The monoisotopic (exact) mass is 330 g/mol. The van der Waals surface area contributed by atoms with E-state index in [2.05, 4.69) is 23.9 Å². The molecule has 2 aromatic rings. The standard InChI is InChI=1S/C20H24F2N2/c1-13-5-7-15(21)9-17(13)19-11-24(4)20(12-23(19)3)18-10-16(22)8-6-14(18)2/h5-10,19-20H,11-12H2,1-4H3/t19-,20+. The molecule has 1 fully saturated rings. The van der Waals surface area contributed by atoms with Crippen LogP contribution in [0.5, 0.6) is 0 Å². The number of nitrogens with zero attached hydrogens (tertiary/aromatic N) is 2. The van der Waals surface area contributed by atoms with Crippen LogP contribution in [-0.2, 0) is 0 Å². The maximum Gasteiger partial charge on any atom is 0.123 e. The average molecular weight is 330 g/mol. The maximum atomic E-state index is 13.7. The Morgan fingerprint density at radius 3 is 1.50 bits per heavy atom. The van der Waals surface area contributed by atoms with Crippen LogP contribution in [0.3, 0.4) is 0 Å². The second-order valence-corrected chi connectivity index (χ2v) is 6.91. The Labute approximate surface area is 142 Å². The highest BCUT2D eigenvalue weighted by atomic mass is 19.1. The zero-order chi connectivity index (χ0) is 17.4. The largest absolute Gasteiger partial charge is 0.296 e. The van der Waals surface area contributed by atoms with Gasteiger partial charge in [0.1, 0.15) is 11.6 Å². The minimum Gasteiger partial charge on any atom is -0.296 e. The van der Waals surface area contributed by atoms with Gasteiger partial charge in [-0.05, 0) is 74.5 Å². The van der Waals surface area contributed by atoms with Gasteiger partial charge in [0.05, 0.1) is 0 Å². The van der Waals surface area contributed by atoms with Crippen molar-refractivity contribution in [2.75, 3.05) is 27.2 Å². The van der Waals surface area contributed by atoms with Gasteiger partial charge in [0.2, 0.25) is 0 Å². The Morgan fingerprint density at radius 2 is 1.12 bits per heavy atom. The fourth-order valence-corrected chi connectivity index (χ4v) is 3.69. The Morgan fingerprint density at radius 1 is 0.750 bits per heavy atom. The smallest absolute Gasteiger partial charge is 0.123 e. The summed E-state index contributed by atoms with van der Waals surface area (Å²) in [6, 6.07) is 10.2. The molecular formula is C20H24F2N2. The molecule has 4 heteroatoms. The molecule has 0 saturated carbocycles. The molecule has 2 aromatic carbocycles. The Bertz CT molecular complexity index is 681. The molecule has 0 N–H and O–H groups in total. The molecule has 0 aliphatic carbocycles. The lowest BCUT2D eigenvalue weighted by molar-refractivity contribution is 0.0615. The third-order valence-corrected chi connectivity index (χ3v) is 5.19. The van der Waals surface area contributed by atoms with E-state index >= 15 is 0 Å². The van der Waals surface area contributed by atoms with E-state index in [1.54, 1.807) is 12.1 Å². The van der Waals surface area contributed by atoms with Crippen molar-refractivity contribution < 1.29 is 8.78 Å². The van der Waals surface area contributed by atoms with Gasteiger partial charge in [0.25, 0.3) is 0 Å². The Hall–Kier alpha value is -1.78. The molecule has 2 nitrogen and oxygen atoms in total. The maximum absolute atomic E-state index is 13.7. The highest BCUT2D eigenvalue weighted by Gasteiger charge is 2.33. The van der Waals surface area contributed by atoms with Crippen LogP contribution in [0, 0.1) is 25.5 Å². The predicted octanol–water partition coefficient (Wildman–Crippen LogP) is 4.24. The van der Waals surface area contributed by atoms with Crippen LogP contribution in [0.25, 0.3) is 0 Å². The van der Waals surface area contributed by atoms with E-state index in [1.807, 2.05) is 26.0 Å². The topological polar surface area (TPSA) is 6.48 Å². The van der Waals surface area contributed by atoms with Crippen molar-refractivity contribution in [2.45, 2.75) is 25.9 Å². The summed E-state index contributed by atoms with van der Waals surface area (Å²) in [5, 5.41) is 0. The van der Waals surface area contributed by atoms with Gasteiger partial charge in [0.15, 0.2) is 0 Å². The van der Waals surface area contributed by atoms with Crippen molar-refractivity contribution in [1.82, 2.24) is 9.80 Å². The van der Waals surface area contributed by atoms with Gasteiger partial charge in [-0.25, -0.2) is 8.78 Å². The minimum atomic E-state index is -0.199. The van der Waals surface area contributed by atoms with Crippen LogP contribution < -0.4 is 0 Å². The molecule has 1 saturated heterocycles. The first kappa shape index (κ1) is 17.1. The molecule has 1 aliphatic heterocycles. The first-order chi connectivity index (χ1) is 11.4. The van der Waals surface area contributed by atoms with Crippen LogP contribution in [0.1, 0.15) is 34.3 Å². The average Bonchev–Trinajstić information content (AvgIpc) is 2.54. The molecule has 0 spiro atoms. The lowest BCUT2D eigenvalue weighted by Crippen LogP contribution is -2.47. The van der Waals surface area contributed by atoms with Crippen molar-refractivity contribution in [3.8, 4) is 0 Å². The van der Waals surface area contributed by atoms with Gasteiger partial charge in [0, 0.05) is 25.2 Å². The van der Waals surface area contributed by atoms with Crippen LogP contribution >= 0.6 is 0 Å². The van der Waals surface area contributed by atoms with E-state index in [9.17, 15) is 8.78 Å². The van der Waals surface area contributed by atoms with Gasteiger partial charge >= 0.3 is 0 Å². The van der Waals surface area contributed by atoms with Gasteiger partial charge < -0.3 is 0 Å². The van der Waals surface area contributed by atoms with Crippen LogP contribution in [0.2, 0.25) is 0 Å². The van der Waals surface area contributed by atoms with Crippen LogP contribution in [0.15, 0.2) is 36.4 Å². The number of piperazine rings is 1. The van der Waals surface area contributed by atoms with Crippen molar-refractivity contribution >= 4 is 0 Å². The molecule has 0 radical (unpaired) electrons. The van der Waals surface area contributed by atoms with E-state index in [0.29, 0.717) is 0 Å². The van der Waals surface area contributed by atoms with Gasteiger partial charge in [-0.1, -0.05) is 12.1 Å². The summed E-state index contributed by atoms with van der Waals surface area (Å²) in [6.07, 6.45) is 0. The Balaban J connectivity index is 1.89. The molecule has 1 heterocycles. The molecular weight excluding hydrogens is 306 g/mol. The van der Waals surface area contributed by atoms with Crippen molar-refractivity contribution in [3.05, 3.63) is 70.3 Å². The third kappa shape index (κ3) is 3.21. The molecule has 24 heavy (non-hydrogen) atoms. The summed E-state index contributed by atoms with van der Waals surface area (Å²) in [7, 11) is 4.12. The number of rotatable bonds is 2. The summed E-state index contributed by atoms with van der Waals surface area (Å²) in [5.74, 6) is -0.399. The summed E-state index contributed by atoms with van der Waals surface area (Å²) < 4.78 is 27.4. The predicted molar refractivity (Wildman–Crippen MR) is 93.0 cm³/mol. The summed E-state index contributed by atoms with van der Waals surface area (Å²) in [5.41, 5.74) is 4.25. The fraction of sp³-hybridized carbons (Fsp3) is 0.400. The molecule has 0 amide bonds.